The molecule has 2 atom stereocenters. The molecule has 0 radical (unpaired) electrons. The smallest absolute Gasteiger partial charge is 0.343 e. The van der Waals surface area contributed by atoms with Crippen molar-refractivity contribution >= 4 is 22.7 Å². The van der Waals surface area contributed by atoms with E-state index in [1.54, 1.807) is 31.2 Å². The standard InChI is InChI=1S/C23H26N4O4/c1-14(25-26-23(24)30)17(13-27(2)3)19(15-9-5-4-6-10-15)20-21(28)16-11-7-8-12-18(16)31-22(20)29/h4-12,17,19,28H,13H2,1-3H3,(H3,24,26,30)/b25-14+/t17-,19-/m1/s1. The number of benzene rings is 2. The monoisotopic (exact) mass is 422 g/mol. The Hall–Kier alpha value is -3.65. The van der Waals surface area contributed by atoms with Crippen molar-refractivity contribution in [2.45, 2.75) is 12.8 Å². The number of aromatic hydroxyl groups is 1. The molecule has 2 aromatic carbocycles. The second kappa shape index (κ2) is 9.44. The van der Waals surface area contributed by atoms with E-state index in [2.05, 4.69) is 10.5 Å². The summed E-state index contributed by atoms with van der Waals surface area (Å²) in [5, 5.41) is 15.7. The number of hydrazone groups is 1. The fourth-order valence-corrected chi connectivity index (χ4v) is 3.78. The fourth-order valence-electron chi connectivity index (χ4n) is 3.78. The van der Waals surface area contributed by atoms with Crippen LogP contribution >= 0.6 is 0 Å². The summed E-state index contributed by atoms with van der Waals surface area (Å²) in [6.45, 7) is 2.24. The lowest BCUT2D eigenvalue weighted by Crippen LogP contribution is -2.36. The highest BCUT2D eigenvalue weighted by Gasteiger charge is 2.33. The van der Waals surface area contributed by atoms with Crippen molar-refractivity contribution in [3.8, 4) is 5.75 Å². The van der Waals surface area contributed by atoms with Crippen molar-refractivity contribution in [1.82, 2.24) is 10.3 Å². The predicted molar refractivity (Wildman–Crippen MR) is 120 cm³/mol. The van der Waals surface area contributed by atoms with Crippen LogP contribution in [0.15, 0.2) is 68.9 Å². The lowest BCUT2D eigenvalue weighted by Gasteiger charge is -2.30. The van der Waals surface area contributed by atoms with Gasteiger partial charge in [0.15, 0.2) is 0 Å². The Morgan fingerprint density at radius 1 is 1.16 bits per heavy atom. The molecule has 8 nitrogen and oxygen atoms in total. The number of carbonyl (C=O) groups is 1. The van der Waals surface area contributed by atoms with Crippen LogP contribution in [0.2, 0.25) is 0 Å². The summed E-state index contributed by atoms with van der Waals surface area (Å²) in [6.07, 6.45) is 0. The molecule has 3 rings (SSSR count). The number of primary amides is 1. The van der Waals surface area contributed by atoms with Gasteiger partial charge in [-0.15, -0.1) is 0 Å². The molecule has 0 aliphatic rings. The van der Waals surface area contributed by atoms with E-state index >= 15 is 0 Å². The van der Waals surface area contributed by atoms with Crippen molar-refractivity contribution in [3.63, 3.8) is 0 Å². The van der Waals surface area contributed by atoms with Crippen LogP contribution in [0.25, 0.3) is 11.0 Å². The quantitative estimate of drug-likeness (QED) is 0.307. The molecular weight excluding hydrogens is 396 g/mol. The average Bonchev–Trinajstić information content (AvgIpc) is 2.74. The molecule has 0 aliphatic carbocycles. The maximum Gasteiger partial charge on any atom is 0.343 e. The first-order valence-electron chi connectivity index (χ1n) is 9.83. The van der Waals surface area contributed by atoms with Gasteiger partial charge in [0.2, 0.25) is 0 Å². The van der Waals surface area contributed by atoms with Crippen LogP contribution in [0.5, 0.6) is 5.75 Å². The highest BCUT2D eigenvalue weighted by Crippen LogP contribution is 2.39. The zero-order chi connectivity index (χ0) is 22.5. The van der Waals surface area contributed by atoms with Gasteiger partial charge in [0.05, 0.1) is 10.9 Å². The van der Waals surface area contributed by atoms with Crippen molar-refractivity contribution < 1.29 is 14.3 Å². The van der Waals surface area contributed by atoms with Gasteiger partial charge in [-0.3, -0.25) is 0 Å². The lowest BCUT2D eigenvalue weighted by molar-refractivity contribution is 0.249. The third-order valence-corrected chi connectivity index (χ3v) is 5.13. The van der Waals surface area contributed by atoms with E-state index in [1.165, 1.54) is 0 Å². The summed E-state index contributed by atoms with van der Waals surface area (Å²) < 4.78 is 5.55. The van der Waals surface area contributed by atoms with Gasteiger partial charge in [-0.05, 0) is 38.7 Å². The molecule has 1 heterocycles. The molecule has 162 valence electrons. The number of nitrogens with zero attached hydrogens (tertiary/aromatic N) is 2. The van der Waals surface area contributed by atoms with Crippen LogP contribution in [-0.4, -0.2) is 42.4 Å². The summed E-state index contributed by atoms with van der Waals surface area (Å²) in [6, 6.07) is 15.4. The summed E-state index contributed by atoms with van der Waals surface area (Å²) in [5.74, 6) is -1.08. The molecule has 0 unspecified atom stereocenters. The van der Waals surface area contributed by atoms with E-state index in [4.69, 9.17) is 10.2 Å². The van der Waals surface area contributed by atoms with E-state index in [1.807, 2.05) is 49.3 Å². The van der Waals surface area contributed by atoms with Gasteiger partial charge in [0, 0.05) is 24.1 Å². The molecule has 31 heavy (non-hydrogen) atoms. The number of carbonyl (C=O) groups excluding carboxylic acids is 1. The van der Waals surface area contributed by atoms with Gasteiger partial charge < -0.3 is 20.2 Å². The van der Waals surface area contributed by atoms with E-state index in [-0.39, 0.29) is 17.2 Å². The number of urea groups is 1. The highest BCUT2D eigenvalue weighted by atomic mass is 16.4. The van der Waals surface area contributed by atoms with Gasteiger partial charge in [-0.2, -0.15) is 5.10 Å². The predicted octanol–water partition coefficient (Wildman–Crippen LogP) is 2.85. The second-order valence-electron chi connectivity index (χ2n) is 7.63. The van der Waals surface area contributed by atoms with Gasteiger partial charge in [-0.25, -0.2) is 15.0 Å². The molecule has 8 heteroatoms. The van der Waals surface area contributed by atoms with Crippen molar-refractivity contribution in [3.05, 3.63) is 76.1 Å². The summed E-state index contributed by atoms with van der Waals surface area (Å²) in [4.78, 5) is 26.2. The van der Waals surface area contributed by atoms with Gasteiger partial charge in [-0.1, -0.05) is 42.5 Å². The highest BCUT2D eigenvalue weighted by molar-refractivity contribution is 5.89. The van der Waals surface area contributed by atoms with Crippen LogP contribution < -0.4 is 16.8 Å². The zero-order valence-electron chi connectivity index (χ0n) is 17.7. The molecule has 0 bridgehead atoms. The molecule has 0 aliphatic heterocycles. The summed E-state index contributed by atoms with van der Waals surface area (Å²) >= 11 is 0. The van der Waals surface area contributed by atoms with Crippen molar-refractivity contribution in [1.29, 1.82) is 0 Å². The number of nitrogens with two attached hydrogens (primary N) is 1. The molecule has 1 aromatic heterocycles. The number of nitrogens with one attached hydrogen (secondary N) is 1. The largest absolute Gasteiger partial charge is 0.507 e. The van der Waals surface area contributed by atoms with Crippen LogP contribution in [0.1, 0.15) is 24.0 Å². The zero-order valence-corrected chi connectivity index (χ0v) is 17.7. The normalized spacial score (nSPS) is 13.9. The van der Waals surface area contributed by atoms with Gasteiger partial charge >= 0.3 is 11.7 Å². The Morgan fingerprint density at radius 2 is 1.81 bits per heavy atom. The Morgan fingerprint density at radius 3 is 2.45 bits per heavy atom. The molecule has 0 saturated heterocycles. The first kappa shape index (κ1) is 22.0. The molecule has 0 saturated carbocycles. The summed E-state index contributed by atoms with van der Waals surface area (Å²) in [5.41, 5.74) is 8.63. The van der Waals surface area contributed by atoms with E-state index in [9.17, 15) is 14.7 Å². The Kier molecular flexibility index (Phi) is 6.71. The number of rotatable bonds is 7. The maximum atomic E-state index is 13.1. The number of hydrogen-bond acceptors (Lipinski definition) is 6. The van der Waals surface area contributed by atoms with Gasteiger partial charge in [0.25, 0.3) is 0 Å². The average molecular weight is 422 g/mol. The van der Waals surface area contributed by atoms with Crippen molar-refractivity contribution in [2.24, 2.45) is 16.8 Å². The minimum absolute atomic E-state index is 0.125. The number of hydrogen-bond donors (Lipinski definition) is 3. The first-order chi connectivity index (χ1) is 14.8. The van der Waals surface area contributed by atoms with Crippen molar-refractivity contribution in [2.75, 3.05) is 20.6 Å². The lowest BCUT2D eigenvalue weighted by atomic mass is 9.78. The third kappa shape index (κ3) is 4.92. The minimum Gasteiger partial charge on any atom is -0.507 e. The maximum absolute atomic E-state index is 13.1. The number of fused-ring (bicyclic) bond motifs is 1. The molecule has 3 aromatic rings. The molecular formula is C23H26N4O4. The topological polar surface area (TPSA) is 121 Å². The van der Waals surface area contributed by atoms with Crippen LogP contribution in [0, 0.1) is 5.92 Å². The van der Waals surface area contributed by atoms with E-state index < -0.39 is 17.6 Å². The molecule has 4 N–H and O–H groups in total. The van der Waals surface area contributed by atoms with Crippen LogP contribution in [0.3, 0.4) is 0 Å². The third-order valence-electron chi connectivity index (χ3n) is 5.13. The van der Waals surface area contributed by atoms with Gasteiger partial charge in [0.1, 0.15) is 11.3 Å². The molecule has 0 fully saturated rings. The Labute approximate surface area is 180 Å². The first-order valence-corrected chi connectivity index (χ1v) is 9.83. The van der Waals surface area contributed by atoms with Crippen LogP contribution in [0.4, 0.5) is 4.79 Å². The second-order valence-corrected chi connectivity index (χ2v) is 7.63. The molecule has 2 amide bonds. The SMILES string of the molecule is C/C(=N\NC(N)=O)[C@@H](CN(C)C)[C@@H](c1ccccc1)c1c(O)c2ccccc2oc1=O. The van der Waals surface area contributed by atoms with E-state index in [0.29, 0.717) is 23.2 Å². The van der Waals surface area contributed by atoms with E-state index in [0.717, 1.165) is 5.56 Å². The Balaban J connectivity index is 2.28. The summed E-state index contributed by atoms with van der Waals surface area (Å²) in [7, 11) is 3.79. The minimum atomic E-state index is -0.785. The fraction of sp³-hybridized carbons (Fsp3) is 0.261. The number of amides is 2. The van der Waals surface area contributed by atoms with Crippen LogP contribution in [-0.2, 0) is 0 Å². The Bertz CT molecular complexity index is 1160. The number of para-hydroxylation sites is 1. The molecule has 0 spiro atoms.